The van der Waals surface area contributed by atoms with E-state index in [1.165, 1.54) is 56.2 Å². The molecule has 0 N–H and O–H groups in total. The Bertz CT molecular complexity index is 1600. The number of benzene rings is 4. The minimum atomic E-state index is -4.71. The van der Waals surface area contributed by atoms with Crippen LogP contribution in [0.4, 0.5) is 35.1 Å². The van der Waals surface area contributed by atoms with Crippen LogP contribution in [0.1, 0.15) is 80.9 Å². The molecule has 0 heterocycles. The summed E-state index contributed by atoms with van der Waals surface area (Å²) >= 11 is 0. The van der Waals surface area contributed by atoms with Gasteiger partial charge >= 0.3 is 12.3 Å². The molecule has 0 spiro atoms. The number of halogens is 8. The lowest BCUT2D eigenvalue weighted by Gasteiger charge is -2.29. The minimum absolute atomic E-state index is 0.201. The van der Waals surface area contributed by atoms with Gasteiger partial charge in [-0.05, 0) is 102 Å². The van der Waals surface area contributed by atoms with Gasteiger partial charge in [0.2, 0.25) is 0 Å². The first-order valence-electron chi connectivity index (χ1n) is 15.5. The lowest BCUT2D eigenvalue weighted by atomic mass is 9.77. The topological polar surface area (TPSA) is 9.23 Å². The third kappa shape index (κ3) is 7.73. The van der Waals surface area contributed by atoms with E-state index in [2.05, 4.69) is 23.8 Å². The summed E-state index contributed by atoms with van der Waals surface area (Å²) in [6, 6.07) is 15.4. The van der Waals surface area contributed by atoms with Crippen LogP contribution in [0, 0.1) is 23.4 Å². The molecule has 1 aliphatic carbocycles. The molecule has 4 aromatic rings. The van der Waals surface area contributed by atoms with Gasteiger partial charge in [-0.1, -0.05) is 69.0 Å². The van der Waals surface area contributed by atoms with E-state index in [1.807, 2.05) is 12.1 Å². The molecular formula is C37H34F8O. The van der Waals surface area contributed by atoms with Gasteiger partial charge in [0, 0.05) is 5.56 Å². The average molecular weight is 647 g/mol. The monoisotopic (exact) mass is 646 g/mol. The average Bonchev–Trinajstić information content (AvgIpc) is 3.01. The molecular weight excluding hydrogens is 612 g/mol. The number of alkyl halides is 5. The molecule has 244 valence electrons. The van der Waals surface area contributed by atoms with Crippen molar-refractivity contribution in [1.82, 2.24) is 0 Å². The van der Waals surface area contributed by atoms with E-state index in [0.717, 1.165) is 24.3 Å². The van der Waals surface area contributed by atoms with Crippen LogP contribution in [-0.4, -0.2) is 0 Å². The summed E-state index contributed by atoms with van der Waals surface area (Å²) in [4.78, 5) is 0. The highest BCUT2D eigenvalue weighted by molar-refractivity contribution is 5.71. The number of hydrogen-bond donors (Lipinski definition) is 0. The van der Waals surface area contributed by atoms with Crippen molar-refractivity contribution in [2.45, 2.75) is 76.5 Å². The lowest BCUT2D eigenvalue weighted by molar-refractivity contribution is -0.189. The zero-order valence-electron chi connectivity index (χ0n) is 25.2. The second-order valence-corrected chi connectivity index (χ2v) is 12.0. The largest absolute Gasteiger partial charge is 0.432 e. The maximum Gasteiger partial charge on any atom is 0.432 e. The SMILES string of the molecule is CCCCCC1CCC(c2ccc(-c3ccc(-c4cc(F)c(C(F)(F)Oc5ccc(C(F)(F)F)cc5)c(F)c4)c(F)c3)cc2)CC1. The molecule has 0 amide bonds. The molecule has 1 aliphatic rings. The summed E-state index contributed by atoms with van der Waals surface area (Å²) in [5.74, 6) is -3.65. The van der Waals surface area contributed by atoms with Crippen LogP contribution in [-0.2, 0) is 12.3 Å². The number of ether oxygens (including phenoxy) is 1. The zero-order chi connectivity index (χ0) is 33.1. The molecule has 5 rings (SSSR count). The molecule has 0 aliphatic heterocycles. The normalized spacial score (nSPS) is 17.2. The van der Waals surface area contributed by atoms with Gasteiger partial charge in [0.15, 0.2) is 0 Å². The molecule has 1 nitrogen and oxygen atoms in total. The zero-order valence-corrected chi connectivity index (χ0v) is 25.2. The highest BCUT2D eigenvalue weighted by Crippen LogP contribution is 2.40. The van der Waals surface area contributed by atoms with Crippen molar-refractivity contribution in [3.05, 3.63) is 113 Å². The van der Waals surface area contributed by atoms with Crippen LogP contribution >= 0.6 is 0 Å². The van der Waals surface area contributed by atoms with Crippen molar-refractivity contribution in [3.8, 4) is 28.0 Å². The molecule has 0 bridgehead atoms. The fourth-order valence-electron chi connectivity index (χ4n) is 6.26. The maximum atomic E-state index is 15.2. The Labute approximate surface area is 263 Å². The first-order valence-corrected chi connectivity index (χ1v) is 15.5. The van der Waals surface area contributed by atoms with Crippen molar-refractivity contribution in [2.24, 2.45) is 5.92 Å². The van der Waals surface area contributed by atoms with Gasteiger partial charge in [-0.3, -0.25) is 0 Å². The summed E-state index contributed by atoms with van der Waals surface area (Å²) in [6.45, 7) is 2.22. The standard InChI is InChI=1S/C37H34F8O/c1-2-3-4-5-23-6-8-24(9-7-23)25-10-12-26(13-11-25)27-14-19-31(32(38)20-27)28-21-33(39)35(34(40)22-28)37(44,45)46-30-17-15-29(16-18-30)36(41,42)43/h10-24H,2-9H2,1H3. The van der Waals surface area contributed by atoms with Gasteiger partial charge in [-0.2, -0.15) is 22.0 Å². The highest BCUT2D eigenvalue weighted by Gasteiger charge is 2.41. The summed E-state index contributed by atoms with van der Waals surface area (Å²) in [5, 5.41) is 0. The molecule has 0 atom stereocenters. The van der Waals surface area contributed by atoms with Crippen molar-refractivity contribution < 1.29 is 39.9 Å². The van der Waals surface area contributed by atoms with E-state index < -0.39 is 46.6 Å². The summed E-state index contributed by atoms with van der Waals surface area (Å²) in [6.07, 6.45) is 0.598. The fourth-order valence-corrected chi connectivity index (χ4v) is 6.26. The number of rotatable bonds is 10. The van der Waals surface area contributed by atoms with Crippen LogP contribution in [0.25, 0.3) is 22.3 Å². The van der Waals surface area contributed by atoms with Crippen LogP contribution < -0.4 is 4.74 Å². The fraction of sp³-hybridized carbons (Fsp3) is 0.351. The van der Waals surface area contributed by atoms with E-state index in [1.54, 1.807) is 6.07 Å². The predicted molar refractivity (Wildman–Crippen MR) is 162 cm³/mol. The Balaban J connectivity index is 1.28. The van der Waals surface area contributed by atoms with Crippen LogP contribution in [0.5, 0.6) is 5.75 Å². The van der Waals surface area contributed by atoms with E-state index in [9.17, 15) is 30.7 Å². The van der Waals surface area contributed by atoms with Crippen molar-refractivity contribution in [1.29, 1.82) is 0 Å². The van der Waals surface area contributed by atoms with Crippen LogP contribution in [0.3, 0.4) is 0 Å². The molecule has 9 heteroatoms. The second-order valence-electron chi connectivity index (χ2n) is 12.0. The van der Waals surface area contributed by atoms with E-state index in [0.29, 0.717) is 47.9 Å². The first-order chi connectivity index (χ1) is 21.9. The molecule has 0 aromatic heterocycles. The predicted octanol–water partition coefficient (Wildman–Crippen LogP) is 12.4. The number of unbranched alkanes of at least 4 members (excludes halogenated alkanes) is 2. The Morgan fingerprint density at radius 3 is 1.80 bits per heavy atom. The molecule has 4 aromatic carbocycles. The minimum Gasteiger partial charge on any atom is -0.429 e. The molecule has 0 saturated heterocycles. The van der Waals surface area contributed by atoms with Crippen LogP contribution in [0.2, 0.25) is 0 Å². The van der Waals surface area contributed by atoms with Gasteiger partial charge in [0.1, 0.15) is 28.8 Å². The molecule has 1 fully saturated rings. The summed E-state index contributed by atoms with van der Waals surface area (Å²) in [7, 11) is 0. The quantitative estimate of drug-likeness (QED) is 0.123. The van der Waals surface area contributed by atoms with Crippen molar-refractivity contribution in [2.75, 3.05) is 0 Å². The third-order valence-corrected chi connectivity index (χ3v) is 8.82. The molecule has 1 saturated carbocycles. The lowest BCUT2D eigenvalue weighted by Crippen LogP contribution is -2.25. The van der Waals surface area contributed by atoms with E-state index in [4.69, 9.17) is 0 Å². The Morgan fingerprint density at radius 1 is 0.652 bits per heavy atom. The highest BCUT2D eigenvalue weighted by atomic mass is 19.4. The Hall–Kier alpha value is -3.88. The second kappa shape index (κ2) is 13.9. The maximum absolute atomic E-state index is 15.2. The van der Waals surface area contributed by atoms with Gasteiger partial charge in [-0.15, -0.1) is 0 Å². The third-order valence-electron chi connectivity index (χ3n) is 8.82. The number of hydrogen-bond acceptors (Lipinski definition) is 1. The van der Waals surface area contributed by atoms with E-state index >= 15 is 4.39 Å². The van der Waals surface area contributed by atoms with Gasteiger partial charge in [-0.25, -0.2) is 13.2 Å². The smallest absolute Gasteiger partial charge is 0.429 e. The summed E-state index contributed by atoms with van der Waals surface area (Å²) < 4.78 is 117. The van der Waals surface area contributed by atoms with Gasteiger partial charge in [0.25, 0.3) is 0 Å². The first kappa shape index (κ1) is 33.5. The summed E-state index contributed by atoms with van der Waals surface area (Å²) in [5.41, 5.74) is -0.824. The molecule has 0 unspecified atom stereocenters. The van der Waals surface area contributed by atoms with Crippen LogP contribution in [0.15, 0.2) is 78.9 Å². The Morgan fingerprint density at radius 2 is 1.24 bits per heavy atom. The molecule has 0 radical (unpaired) electrons. The van der Waals surface area contributed by atoms with Gasteiger partial charge < -0.3 is 4.74 Å². The van der Waals surface area contributed by atoms with Gasteiger partial charge in [0.05, 0.1) is 5.56 Å². The van der Waals surface area contributed by atoms with Crippen molar-refractivity contribution in [3.63, 3.8) is 0 Å². The van der Waals surface area contributed by atoms with Crippen molar-refractivity contribution >= 4 is 0 Å². The van der Waals surface area contributed by atoms with E-state index in [-0.39, 0.29) is 11.1 Å². The molecule has 46 heavy (non-hydrogen) atoms. The Kier molecular flexibility index (Phi) is 10.1.